The van der Waals surface area contributed by atoms with E-state index >= 15 is 0 Å². The largest absolute Gasteiger partial charge is 0.455 e. The summed E-state index contributed by atoms with van der Waals surface area (Å²) >= 11 is 0. The van der Waals surface area contributed by atoms with Gasteiger partial charge in [-0.1, -0.05) is 176 Å². The van der Waals surface area contributed by atoms with Crippen LogP contribution in [0.2, 0.25) is 0 Å². The first-order valence-corrected chi connectivity index (χ1v) is 23.6. The maximum atomic E-state index is 6.73. The summed E-state index contributed by atoms with van der Waals surface area (Å²) in [6.45, 7) is 0. The molecule has 0 spiro atoms. The normalized spacial score (nSPS) is 11.8. The quantitative estimate of drug-likeness (QED) is 0.149. The molecule has 3 heteroatoms. The molecular weight excluding hydrogens is 837 g/mol. The van der Waals surface area contributed by atoms with Gasteiger partial charge in [0.25, 0.3) is 0 Å². The molecule has 0 amide bonds. The minimum atomic E-state index is 0.874. The van der Waals surface area contributed by atoms with Crippen LogP contribution in [0.4, 0.5) is 17.1 Å². The zero-order valence-corrected chi connectivity index (χ0v) is 37.6. The standard InChI is InChI=1S/C66H42N2O/c1-3-19-54-44(13-1)27-28-49-39-48(32-36-55(49)54)47-16-12-17-52(41-47)67(62-24-8-5-20-56(62)50-33-37-60-61-38-31-45-14-2-4-21-57(45)66(61)69-65(60)42-50)51-34-29-43(30-35-51)46-15-11-18-53(40-46)68-63-25-9-6-22-58(63)59-23-7-10-26-64(59)68/h1-42H. The van der Waals surface area contributed by atoms with Crippen molar-refractivity contribution < 1.29 is 4.42 Å². The average molecular weight is 879 g/mol. The third-order valence-corrected chi connectivity index (χ3v) is 14.1. The molecule has 0 saturated heterocycles. The summed E-state index contributed by atoms with van der Waals surface area (Å²) < 4.78 is 9.12. The third kappa shape index (κ3) is 6.43. The van der Waals surface area contributed by atoms with Crippen molar-refractivity contribution in [3.8, 4) is 39.1 Å². The second-order valence-corrected chi connectivity index (χ2v) is 18.1. The molecule has 2 aromatic heterocycles. The van der Waals surface area contributed by atoms with Gasteiger partial charge in [0.05, 0.1) is 16.7 Å². The average Bonchev–Trinajstić information content (AvgIpc) is 3.97. The van der Waals surface area contributed by atoms with Crippen molar-refractivity contribution in [3.63, 3.8) is 0 Å². The summed E-state index contributed by atoms with van der Waals surface area (Å²) in [5.41, 5.74) is 15.4. The van der Waals surface area contributed by atoms with Crippen LogP contribution in [0.25, 0.3) is 115 Å². The molecular formula is C66H42N2O. The molecule has 322 valence electrons. The molecule has 14 rings (SSSR count). The van der Waals surface area contributed by atoms with Gasteiger partial charge in [0.2, 0.25) is 0 Å². The van der Waals surface area contributed by atoms with Crippen LogP contribution in [0.1, 0.15) is 0 Å². The van der Waals surface area contributed by atoms with E-state index < -0.39 is 0 Å². The van der Waals surface area contributed by atoms with Gasteiger partial charge >= 0.3 is 0 Å². The molecule has 0 N–H and O–H groups in total. The summed E-state index contributed by atoms with van der Waals surface area (Å²) in [4.78, 5) is 2.40. The maximum Gasteiger partial charge on any atom is 0.143 e. The Morgan fingerprint density at radius 3 is 1.68 bits per heavy atom. The summed E-state index contributed by atoms with van der Waals surface area (Å²) in [7, 11) is 0. The van der Waals surface area contributed by atoms with Gasteiger partial charge in [0, 0.05) is 49.6 Å². The summed E-state index contributed by atoms with van der Waals surface area (Å²) in [6, 6.07) is 92.5. The van der Waals surface area contributed by atoms with Crippen LogP contribution in [-0.4, -0.2) is 4.57 Å². The summed E-state index contributed by atoms with van der Waals surface area (Å²) in [5, 5.41) is 12.1. The molecule has 0 aliphatic carbocycles. The predicted octanol–water partition coefficient (Wildman–Crippen LogP) is 18.6. The molecule has 12 aromatic carbocycles. The van der Waals surface area contributed by atoms with E-state index in [2.05, 4.69) is 264 Å². The van der Waals surface area contributed by atoms with Gasteiger partial charge in [0.15, 0.2) is 0 Å². The lowest BCUT2D eigenvalue weighted by Crippen LogP contribution is -2.11. The number of nitrogens with zero attached hydrogens (tertiary/aromatic N) is 2. The van der Waals surface area contributed by atoms with E-state index in [1.807, 2.05) is 0 Å². The highest BCUT2D eigenvalue weighted by atomic mass is 16.3. The first kappa shape index (κ1) is 39.0. The van der Waals surface area contributed by atoms with E-state index in [0.29, 0.717) is 0 Å². The number of hydrogen-bond acceptors (Lipinski definition) is 2. The Morgan fingerprint density at radius 1 is 0.304 bits per heavy atom. The molecule has 0 unspecified atom stereocenters. The summed E-state index contributed by atoms with van der Waals surface area (Å²) in [5.74, 6) is 0. The topological polar surface area (TPSA) is 21.3 Å². The van der Waals surface area contributed by atoms with Gasteiger partial charge in [-0.05, 0) is 134 Å². The van der Waals surface area contributed by atoms with Crippen LogP contribution in [0.15, 0.2) is 259 Å². The number of para-hydroxylation sites is 3. The highest BCUT2D eigenvalue weighted by Gasteiger charge is 2.20. The van der Waals surface area contributed by atoms with E-state index in [1.165, 1.54) is 54.3 Å². The second kappa shape index (κ2) is 15.7. The van der Waals surface area contributed by atoms with Crippen molar-refractivity contribution in [1.82, 2.24) is 4.57 Å². The number of rotatable bonds is 7. The van der Waals surface area contributed by atoms with Gasteiger partial charge in [-0.2, -0.15) is 0 Å². The Morgan fingerprint density at radius 2 is 0.870 bits per heavy atom. The highest BCUT2D eigenvalue weighted by molar-refractivity contribution is 6.16. The van der Waals surface area contributed by atoms with Gasteiger partial charge in [-0.3, -0.25) is 0 Å². The van der Waals surface area contributed by atoms with Crippen LogP contribution in [0, 0.1) is 0 Å². The SMILES string of the molecule is c1cc(-c2ccc3c(ccc4ccccc43)c2)cc(N(c2ccc(-c3cccc(-n4c5ccccc5c5ccccc54)c3)cc2)c2ccccc2-c2ccc3c(c2)oc2c4ccccc4ccc32)c1. The molecule has 2 heterocycles. The summed E-state index contributed by atoms with van der Waals surface area (Å²) in [6.07, 6.45) is 0. The number of benzene rings is 12. The van der Waals surface area contributed by atoms with E-state index in [0.717, 1.165) is 77.9 Å². The lowest BCUT2D eigenvalue weighted by molar-refractivity contribution is 0.673. The molecule has 0 aliphatic heterocycles. The van der Waals surface area contributed by atoms with Crippen molar-refractivity contribution in [2.24, 2.45) is 0 Å². The first-order valence-electron chi connectivity index (χ1n) is 23.6. The minimum absolute atomic E-state index is 0.874. The Kier molecular flexibility index (Phi) is 8.90. The van der Waals surface area contributed by atoms with Crippen molar-refractivity contribution in [1.29, 1.82) is 0 Å². The van der Waals surface area contributed by atoms with Crippen LogP contribution in [-0.2, 0) is 0 Å². The molecule has 0 bridgehead atoms. The fourth-order valence-corrected chi connectivity index (χ4v) is 10.9. The van der Waals surface area contributed by atoms with E-state index in [-0.39, 0.29) is 0 Å². The van der Waals surface area contributed by atoms with Crippen LogP contribution in [0.5, 0.6) is 0 Å². The van der Waals surface area contributed by atoms with Crippen molar-refractivity contribution in [2.75, 3.05) is 4.90 Å². The van der Waals surface area contributed by atoms with Crippen LogP contribution >= 0.6 is 0 Å². The van der Waals surface area contributed by atoms with Crippen molar-refractivity contribution in [2.45, 2.75) is 0 Å². The molecule has 0 aliphatic rings. The predicted molar refractivity (Wildman–Crippen MR) is 292 cm³/mol. The number of furan rings is 1. The number of hydrogen-bond donors (Lipinski definition) is 0. The first-order chi connectivity index (χ1) is 34.2. The molecule has 3 nitrogen and oxygen atoms in total. The fourth-order valence-electron chi connectivity index (χ4n) is 10.9. The molecule has 14 aromatic rings. The van der Waals surface area contributed by atoms with E-state index in [9.17, 15) is 0 Å². The smallest absolute Gasteiger partial charge is 0.143 e. The second-order valence-electron chi connectivity index (χ2n) is 18.1. The molecule has 0 saturated carbocycles. The van der Waals surface area contributed by atoms with Crippen LogP contribution in [0.3, 0.4) is 0 Å². The lowest BCUT2D eigenvalue weighted by Gasteiger charge is -2.28. The number of aromatic nitrogens is 1. The lowest BCUT2D eigenvalue weighted by atomic mass is 9.96. The zero-order chi connectivity index (χ0) is 45.4. The third-order valence-electron chi connectivity index (χ3n) is 14.1. The minimum Gasteiger partial charge on any atom is -0.455 e. The molecule has 0 atom stereocenters. The van der Waals surface area contributed by atoms with Crippen molar-refractivity contribution in [3.05, 3.63) is 255 Å². The highest BCUT2D eigenvalue weighted by Crippen LogP contribution is 2.45. The maximum absolute atomic E-state index is 6.73. The van der Waals surface area contributed by atoms with Gasteiger partial charge in [-0.15, -0.1) is 0 Å². The number of fused-ring (bicyclic) bond motifs is 11. The Hall–Kier alpha value is -9.18. The van der Waals surface area contributed by atoms with Gasteiger partial charge in [-0.25, -0.2) is 0 Å². The molecule has 0 radical (unpaired) electrons. The monoisotopic (exact) mass is 878 g/mol. The number of anilines is 3. The fraction of sp³-hybridized carbons (Fsp3) is 0. The Labute approximate surface area is 399 Å². The van der Waals surface area contributed by atoms with E-state index in [1.54, 1.807) is 0 Å². The molecule has 69 heavy (non-hydrogen) atoms. The van der Waals surface area contributed by atoms with Crippen molar-refractivity contribution >= 4 is 93.1 Å². The van der Waals surface area contributed by atoms with Gasteiger partial charge in [0.1, 0.15) is 11.2 Å². The van der Waals surface area contributed by atoms with E-state index in [4.69, 9.17) is 4.42 Å². The zero-order valence-electron chi connectivity index (χ0n) is 37.6. The van der Waals surface area contributed by atoms with Crippen LogP contribution < -0.4 is 4.90 Å². The van der Waals surface area contributed by atoms with Gasteiger partial charge < -0.3 is 13.9 Å². The Balaban J connectivity index is 0.901. The Bertz CT molecular complexity index is 4270. The molecule has 0 fully saturated rings.